The van der Waals surface area contributed by atoms with Gasteiger partial charge in [-0.3, -0.25) is 0 Å². The van der Waals surface area contributed by atoms with Crippen LogP contribution in [0.5, 0.6) is 0 Å². The van der Waals surface area contributed by atoms with E-state index in [4.69, 9.17) is 19.2 Å². The zero-order valence-electron chi connectivity index (χ0n) is 2.61. The molecule has 0 saturated carbocycles. The van der Waals surface area contributed by atoms with Crippen molar-refractivity contribution in [1.82, 2.24) is 0 Å². The molecule has 0 atom stereocenters. The first-order valence-electron chi connectivity index (χ1n) is 0.894. The van der Waals surface area contributed by atoms with Gasteiger partial charge in [-0.2, -0.15) is 0 Å². The van der Waals surface area contributed by atoms with Crippen LogP contribution in [0.3, 0.4) is 0 Å². The molecule has 0 unspecified atom stereocenters. The van der Waals surface area contributed by atoms with Crippen molar-refractivity contribution in [3.05, 3.63) is 0 Å². The Morgan fingerprint density at radius 3 is 0.857 bits per heavy atom. The number of rotatable bonds is 0. The van der Waals surface area contributed by atoms with Crippen LogP contribution in [0.2, 0.25) is 0 Å². The van der Waals surface area contributed by atoms with Gasteiger partial charge in [0.2, 0.25) is 0 Å². The minimum atomic E-state index is -4.61. The molecule has 0 amide bonds. The second-order valence-corrected chi connectivity index (χ2v) is 1.80. The van der Waals surface area contributed by atoms with Gasteiger partial charge in [-0.05, 0) is 0 Å². The molecule has 0 aromatic rings. The van der Waals surface area contributed by atoms with E-state index in [1.807, 2.05) is 0 Å². The molecule has 7 heteroatoms. The molecule has 0 heterocycles. The molecule has 48 valence electrons. The molecule has 4 nitrogen and oxygen atoms in total. The van der Waals surface area contributed by atoms with E-state index in [0.29, 0.717) is 0 Å². The van der Waals surface area contributed by atoms with E-state index in [-0.39, 0.29) is 33.9 Å². The van der Waals surface area contributed by atoms with Crippen molar-refractivity contribution >= 4 is 26.4 Å². The fourth-order valence-corrected chi connectivity index (χ4v) is 0. The second-order valence-electron chi connectivity index (χ2n) is 0.600. The Labute approximate surface area is 62.3 Å². The van der Waals surface area contributed by atoms with Crippen molar-refractivity contribution in [2.75, 3.05) is 0 Å². The number of hydrogen-bond acceptors (Lipinski definition) is 4. The summed E-state index contributed by atoms with van der Waals surface area (Å²) < 4.78 is 0. The van der Waals surface area contributed by atoms with Crippen LogP contribution in [0.1, 0.15) is 0 Å². The maximum atomic E-state index is 7.33. The first-order chi connectivity index (χ1) is 2.00. The summed E-state index contributed by atoms with van der Waals surface area (Å²) in [4.78, 5) is 29.3. The van der Waals surface area contributed by atoms with Gasteiger partial charge >= 0.3 is 9.05 Å². The van der Waals surface area contributed by atoms with E-state index in [1.165, 1.54) is 0 Å². The van der Waals surface area contributed by atoms with Crippen LogP contribution in [-0.4, -0.2) is 45.6 Å². The molecule has 0 rings (SSSR count). The van der Waals surface area contributed by atoms with Gasteiger partial charge in [-0.15, -0.1) is 0 Å². The SMILES string of the molecule is O[Si](O)(O)O.[AlH3].[Ni]. The summed E-state index contributed by atoms with van der Waals surface area (Å²) in [5, 5.41) is 0. The van der Waals surface area contributed by atoms with Crippen LogP contribution >= 0.6 is 0 Å². The summed E-state index contributed by atoms with van der Waals surface area (Å²) >= 11 is 0. The van der Waals surface area contributed by atoms with E-state index in [0.717, 1.165) is 0 Å². The average molecular weight is 185 g/mol. The number of hydrogen-bond donors (Lipinski definition) is 4. The van der Waals surface area contributed by atoms with Crippen LogP contribution in [0.15, 0.2) is 0 Å². The van der Waals surface area contributed by atoms with E-state index >= 15 is 0 Å². The maximum absolute atomic E-state index is 7.33. The normalized spacial score (nSPS) is 8.57. The van der Waals surface area contributed by atoms with Crippen molar-refractivity contribution in [2.24, 2.45) is 0 Å². The molecule has 0 saturated heterocycles. The van der Waals surface area contributed by atoms with Gasteiger partial charge in [-0.1, -0.05) is 0 Å². The van der Waals surface area contributed by atoms with Gasteiger partial charge in [-0.25, -0.2) is 0 Å². The molecule has 7 heavy (non-hydrogen) atoms. The largest absolute Gasteiger partial charge is 0.668 e. The first-order valence-corrected chi connectivity index (χ1v) is 2.68. The van der Waals surface area contributed by atoms with Crippen LogP contribution < -0.4 is 0 Å². The summed E-state index contributed by atoms with van der Waals surface area (Å²) in [6.45, 7) is 0. The zero-order valence-corrected chi connectivity index (χ0v) is 4.59. The molecule has 0 aliphatic carbocycles. The molecular formula is H7AlNiO4Si. The molecule has 0 bridgehead atoms. The predicted octanol–water partition coefficient (Wildman–Crippen LogP) is -3.80. The predicted molar refractivity (Wildman–Crippen MR) is 24.6 cm³/mol. The third-order valence-electron chi connectivity index (χ3n) is 0. The summed E-state index contributed by atoms with van der Waals surface area (Å²) in [5.74, 6) is 0. The van der Waals surface area contributed by atoms with Crippen molar-refractivity contribution in [2.45, 2.75) is 0 Å². The van der Waals surface area contributed by atoms with Crippen LogP contribution in [0, 0.1) is 0 Å². The van der Waals surface area contributed by atoms with Crippen LogP contribution in [0.25, 0.3) is 0 Å². The van der Waals surface area contributed by atoms with Gasteiger partial charge in [0, 0.05) is 16.5 Å². The van der Waals surface area contributed by atoms with Crippen molar-refractivity contribution in [3.63, 3.8) is 0 Å². The van der Waals surface area contributed by atoms with Gasteiger partial charge < -0.3 is 19.2 Å². The smallest absolute Gasteiger partial charge is 0.368 e. The molecular weight excluding hydrogens is 178 g/mol. The third kappa shape index (κ3) is 156. The Morgan fingerprint density at radius 2 is 0.857 bits per heavy atom. The Balaban J connectivity index is -0.0000000800. The zero-order chi connectivity index (χ0) is 4.50. The molecule has 0 radical (unpaired) electrons. The van der Waals surface area contributed by atoms with Gasteiger partial charge in [0.15, 0.2) is 17.4 Å². The Bertz CT molecular complexity index is 27.2. The Kier molecular flexibility index (Phi) is 11.7. The Morgan fingerprint density at radius 1 is 0.857 bits per heavy atom. The molecule has 0 aromatic heterocycles. The minimum Gasteiger partial charge on any atom is -0.368 e. The van der Waals surface area contributed by atoms with E-state index in [9.17, 15) is 0 Å². The van der Waals surface area contributed by atoms with E-state index < -0.39 is 9.05 Å². The fourth-order valence-electron chi connectivity index (χ4n) is 0. The molecule has 4 N–H and O–H groups in total. The van der Waals surface area contributed by atoms with Crippen LogP contribution in [-0.2, 0) is 16.5 Å². The van der Waals surface area contributed by atoms with Gasteiger partial charge in [0.1, 0.15) is 0 Å². The van der Waals surface area contributed by atoms with E-state index in [2.05, 4.69) is 0 Å². The van der Waals surface area contributed by atoms with Crippen molar-refractivity contribution in [1.29, 1.82) is 0 Å². The van der Waals surface area contributed by atoms with Crippen molar-refractivity contribution in [3.8, 4) is 0 Å². The molecule has 0 aliphatic rings. The summed E-state index contributed by atoms with van der Waals surface area (Å²) in [6.07, 6.45) is 0. The standard InChI is InChI=1S/Al.Ni.H4O4Si.3H/c;;1-5(2,3)4;;;/h;;1-4H;;;. The first kappa shape index (κ1) is 15.7. The van der Waals surface area contributed by atoms with Gasteiger partial charge in [0.05, 0.1) is 0 Å². The molecule has 0 aromatic carbocycles. The topological polar surface area (TPSA) is 80.9 Å². The van der Waals surface area contributed by atoms with Gasteiger partial charge in [0.25, 0.3) is 0 Å². The molecule has 0 fully saturated rings. The quantitative estimate of drug-likeness (QED) is 0.292. The summed E-state index contributed by atoms with van der Waals surface area (Å²) in [7, 11) is -4.61. The third-order valence-corrected chi connectivity index (χ3v) is 0. The summed E-state index contributed by atoms with van der Waals surface area (Å²) in [5.41, 5.74) is 0. The van der Waals surface area contributed by atoms with Crippen LogP contribution in [0.4, 0.5) is 0 Å². The monoisotopic (exact) mass is 184 g/mol. The van der Waals surface area contributed by atoms with E-state index in [1.54, 1.807) is 0 Å². The fraction of sp³-hybridized carbons (Fsp3) is 0. The average Bonchev–Trinajstić information content (AvgIpc) is 0.722. The molecule has 0 spiro atoms. The van der Waals surface area contributed by atoms with Crippen molar-refractivity contribution < 1.29 is 35.7 Å². The Hall–Kier alpha value is 1.08. The summed E-state index contributed by atoms with van der Waals surface area (Å²) in [6, 6.07) is 0. The molecule has 0 aliphatic heterocycles. The maximum Gasteiger partial charge on any atom is 0.668 e. The minimum absolute atomic E-state index is 0. The second kappa shape index (κ2) is 5.22.